The molecule has 2 N–H and O–H groups in total. The average molecular weight is 178 g/mol. The Morgan fingerprint density at radius 1 is 1.17 bits per heavy atom. The molecule has 0 aromatic heterocycles. The number of hydrogen-bond donors (Lipinski definition) is 2. The zero-order chi connectivity index (χ0) is 9.23. The maximum Gasteiger partial charge on any atom is 0.0780 e. The van der Waals surface area contributed by atoms with Crippen LogP contribution < -0.4 is 0 Å². The molecular weight excluding hydrogens is 160 g/mol. The molecule has 1 unspecified atom stereocenters. The largest absolute Gasteiger partial charge is 0.396 e. The zero-order valence-electron chi connectivity index (χ0n) is 7.53. The quantitative estimate of drug-likeness (QED) is 0.505. The van der Waals surface area contributed by atoms with Crippen molar-refractivity contribution in [2.75, 3.05) is 33.0 Å². The highest BCUT2D eigenvalue weighted by atomic mass is 16.5. The molecule has 74 valence electrons. The molecule has 0 saturated carbocycles. The van der Waals surface area contributed by atoms with E-state index in [4.69, 9.17) is 19.7 Å². The summed E-state index contributed by atoms with van der Waals surface area (Å²) in [7, 11) is 0. The Morgan fingerprint density at radius 2 is 1.92 bits per heavy atom. The SMILES string of the molecule is CC(COCCO)OCCCO. The van der Waals surface area contributed by atoms with Crippen molar-refractivity contribution in [1.29, 1.82) is 0 Å². The molecule has 0 saturated heterocycles. The van der Waals surface area contributed by atoms with E-state index in [1.165, 1.54) is 0 Å². The van der Waals surface area contributed by atoms with E-state index in [0.29, 0.717) is 26.2 Å². The molecule has 0 aliphatic carbocycles. The fourth-order valence-electron chi connectivity index (χ4n) is 0.711. The highest BCUT2D eigenvalue weighted by Crippen LogP contribution is 1.93. The molecule has 12 heavy (non-hydrogen) atoms. The average Bonchev–Trinajstić information content (AvgIpc) is 2.06. The summed E-state index contributed by atoms with van der Waals surface area (Å²) in [4.78, 5) is 0. The van der Waals surface area contributed by atoms with Crippen LogP contribution in [0.2, 0.25) is 0 Å². The smallest absolute Gasteiger partial charge is 0.0780 e. The predicted octanol–water partition coefficient (Wildman–Crippen LogP) is -0.217. The monoisotopic (exact) mass is 178 g/mol. The van der Waals surface area contributed by atoms with E-state index < -0.39 is 0 Å². The first-order valence-electron chi connectivity index (χ1n) is 4.22. The number of rotatable bonds is 8. The van der Waals surface area contributed by atoms with Crippen molar-refractivity contribution in [3.05, 3.63) is 0 Å². The highest BCUT2D eigenvalue weighted by Gasteiger charge is 2.00. The third-order valence-corrected chi connectivity index (χ3v) is 1.29. The second-order valence-corrected chi connectivity index (χ2v) is 2.56. The van der Waals surface area contributed by atoms with Gasteiger partial charge in [-0.2, -0.15) is 0 Å². The van der Waals surface area contributed by atoms with Crippen molar-refractivity contribution < 1.29 is 19.7 Å². The van der Waals surface area contributed by atoms with E-state index >= 15 is 0 Å². The molecule has 4 nitrogen and oxygen atoms in total. The summed E-state index contributed by atoms with van der Waals surface area (Å²) >= 11 is 0. The third-order valence-electron chi connectivity index (χ3n) is 1.29. The maximum atomic E-state index is 8.45. The van der Waals surface area contributed by atoms with Crippen LogP contribution in [0.15, 0.2) is 0 Å². The first kappa shape index (κ1) is 11.8. The molecule has 0 aromatic rings. The van der Waals surface area contributed by atoms with E-state index in [9.17, 15) is 0 Å². The first-order chi connectivity index (χ1) is 5.81. The summed E-state index contributed by atoms with van der Waals surface area (Å²) in [5.74, 6) is 0. The topological polar surface area (TPSA) is 58.9 Å². The molecule has 0 aliphatic heterocycles. The summed E-state index contributed by atoms with van der Waals surface area (Å²) < 4.78 is 10.3. The van der Waals surface area contributed by atoms with Crippen molar-refractivity contribution in [2.24, 2.45) is 0 Å². The van der Waals surface area contributed by atoms with Gasteiger partial charge in [0.15, 0.2) is 0 Å². The van der Waals surface area contributed by atoms with Gasteiger partial charge in [0.05, 0.1) is 25.9 Å². The van der Waals surface area contributed by atoms with Crippen LogP contribution in [0, 0.1) is 0 Å². The molecule has 1 atom stereocenters. The summed E-state index contributed by atoms with van der Waals surface area (Å²) in [5.41, 5.74) is 0. The van der Waals surface area contributed by atoms with E-state index in [2.05, 4.69) is 0 Å². The maximum absolute atomic E-state index is 8.45. The third kappa shape index (κ3) is 7.94. The predicted molar refractivity (Wildman–Crippen MR) is 45.0 cm³/mol. The highest BCUT2D eigenvalue weighted by molar-refractivity contribution is 4.46. The van der Waals surface area contributed by atoms with Gasteiger partial charge in [-0.25, -0.2) is 0 Å². The van der Waals surface area contributed by atoms with Crippen LogP contribution in [-0.2, 0) is 9.47 Å². The Labute approximate surface area is 73.1 Å². The number of aliphatic hydroxyl groups is 2. The van der Waals surface area contributed by atoms with Gasteiger partial charge >= 0.3 is 0 Å². The summed E-state index contributed by atoms with van der Waals surface area (Å²) in [5, 5.41) is 16.8. The Kier molecular flexibility index (Phi) is 8.81. The molecule has 0 heterocycles. The van der Waals surface area contributed by atoms with E-state index in [-0.39, 0.29) is 19.3 Å². The fourth-order valence-corrected chi connectivity index (χ4v) is 0.711. The molecule has 0 aliphatic rings. The molecule has 0 bridgehead atoms. The van der Waals surface area contributed by atoms with Crippen molar-refractivity contribution in [2.45, 2.75) is 19.4 Å². The van der Waals surface area contributed by atoms with Crippen LogP contribution in [0.3, 0.4) is 0 Å². The first-order valence-corrected chi connectivity index (χ1v) is 4.22. The molecule has 0 amide bonds. The van der Waals surface area contributed by atoms with Gasteiger partial charge in [-0.1, -0.05) is 0 Å². The number of ether oxygens (including phenoxy) is 2. The fraction of sp³-hybridized carbons (Fsp3) is 1.00. The summed E-state index contributed by atoms with van der Waals surface area (Å²) in [6.45, 7) is 3.50. The van der Waals surface area contributed by atoms with Gasteiger partial charge in [0.25, 0.3) is 0 Å². The van der Waals surface area contributed by atoms with Gasteiger partial charge in [0, 0.05) is 13.2 Å². The normalized spacial score (nSPS) is 13.2. The number of hydrogen-bond acceptors (Lipinski definition) is 4. The van der Waals surface area contributed by atoms with Crippen LogP contribution in [0.5, 0.6) is 0 Å². The minimum Gasteiger partial charge on any atom is -0.396 e. The Hall–Kier alpha value is -0.160. The van der Waals surface area contributed by atoms with E-state index in [0.717, 1.165) is 0 Å². The lowest BCUT2D eigenvalue weighted by Gasteiger charge is -2.12. The van der Waals surface area contributed by atoms with Crippen molar-refractivity contribution in [3.63, 3.8) is 0 Å². The second kappa shape index (κ2) is 8.93. The molecule has 0 radical (unpaired) electrons. The van der Waals surface area contributed by atoms with Crippen LogP contribution in [0.1, 0.15) is 13.3 Å². The molecule has 0 rings (SSSR count). The number of aliphatic hydroxyl groups excluding tert-OH is 2. The van der Waals surface area contributed by atoms with Gasteiger partial charge in [-0.15, -0.1) is 0 Å². The van der Waals surface area contributed by atoms with Gasteiger partial charge in [0.2, 0.25) is 0 Å². The van der Waals surface area contributed by atoms with Crippen LogP contribution in [-0.4, -0.2) is 49.4 Å². The van der Waals surface area contributed by atoms with Crippen molar-refractivity contribution >= 4 is 0 Å². The standard InChI is InChI=1S/C8H18O4/c1-8(7-11-6-4-10)12-5-2-3-9/h8-10H,2-7H2,1H3. The molecule has 4 heteroatoms. The van der Waals surface area contributed by atoms with Gasteiger partial charge in [0.1, 0.15) is 0 Å². The molecule has 0 fully saturated rings. The van der Waals surface area contributed by atoms with Crippen LogP contribution in [0.4, 0.5) is 0 Å². The summed E-state index contributed by atoms with van der Waals surface area (Å²) in [6, 6.07) is 0. The van der Waals surface area contributed by atoms with Crippen LogP contribution >= 0.6 is 0 Å². The van der Waals surface area contributed by atoms with Gasteiger partial charge in [-0.3, -0.25) is 0 Å². The molecular formula is C8H18O4. The van der Waals surface area contributed by atoms with Crippen molar-refractivity contribution in [1.82, 2.24) is 0 Å². The van der Waals surface area contributed by atoms with Crippen molar-refractivity contribution in [3.8, 4) is 0 Å². The lowest BCUT2D eigenvalue weighted by atomic mass is 10.4. The van der Waals surface area contributed by atoms with E-state index in [1.807, 2.05) is 6.92 Å². The Morgan fingerprint density at radius 3 is 2.50 bits per heavy atom. The van der Waals surface area contributed by atoms with Gasteiger partial charge in [-0.05, 0) is 13.3 Å². The second-order valence-electron chi connectivity index (χ2n) is 2.56. The van der Waals surface area contributed by atoms with E-state index in [1.54, 1.807) is 0 Å². The Balaban J connectivity index is 3.04. The minimum atomic E-state index is 0.0306. The zero-order valence-corrected chi connectivity index (χ0v) is 7.53. The summed E-state index contributed by atoms with van der Waals surface area (Å²) in [6.07, 6.45) is 0.688. The lowest BCUT2D eigenvalue weighted by molar-refractivity contribution is -0.0178. The van der Waals surface area contributed by atoms with Crippen LogP contribution in [0.25, 0.3) is 0 Å². The van der Waals surface area contributed by atoms with Gasteiger partial charge < -0.3 is 19.7 Å². The minimum absolute atomic E-state index is 0.0306. The molecule has 0 aromatic carbocycles. The lowest BCUT2D eigenvalue weighted by Crippen LogP contribution is -2.18. The molecule has 0 spiro atoms. The Bertz CT molecular complexity index is 77.1.